The standard InChI is InChI=1S/C12H10F5NO2/c13-11(14,12(15,16)17)10(20)7-1-3-8-6(5-7)2-4-9(19)18-8/h1,3,5,10,20H,2,4H2,(H,18,19). The number of rotatable bonds is 2. The summed E-state index contributed by atoms with van der Waals surface area (Å²) in [5, 5.41) is 11.7. The van der Waals surface area contributed by atoms with E-state index in [1.54, 1.807) is 0 Å². The number of hydrogen-bond donors (Lipinski definition) is 2. The summed E-state index contributed by atoms with van der Waals surface area (Å²) < 4.78 is 62.7. The van der Waals surface area contributed by atoms with Crippen molar-refractivity contribution < 1.29 is 31.9 Å². The highest BCUT2D eigenvalue weighted by molar-refractivity contribution is 5.93. The number of carbonyl (C=O) groups excluding carboxylic acids is 1. The number of aryl methyl sites for hydroxylation is 1. The number of alkyl halides is 5. The lowest BCUT2D eigenvalue weighted by Crippen LogP contribution is -2.42. The van der Waals surface area contributed by atoms with Crippen LogP contribution in [0.4, 0.5) is 27.6 Å². The highest BCUT2D eigenvalue weighted by Gasteiger charge is 2.62. The number of aliphatic hydroxyl groups excluding tert-OH is 1. The van der Waals surface area contributed by atoms with Crippen LogP contribution in [0.2, 0.25) is 0 Å². The van der Waals surface area contributed by atoms with Crippen molar-refractivity contribution in [2.75, 3.05) is 5.32 Å². The van der Waals surface area contributed by atoms with Gasteiger partial charge in [0.2, 0.25) is 5.91 Å². The normalized spacial score (nSPS) is 17.4. The van der Waals surface area contributed by atoms with Crippen molar-refractivity contribution in [1.29, 1.82) is 0 Å². The lowest BCUT2D eigenvalue weighted by Gasteiger charge is -2.26. The number of hydrogen-bond acceptors (Lipinski definition) is 2. The van der Waals surface area contributed by atoms with Gasteiger partial charge in [-0.15, -0.1) is 0 Å². The van der Waals surface area contributed by atoms with E-state index < -0.39 is 23.8 Å². The molecule has 0 aliphatic carbocycles. The van der Waals surface area contributed by atoms with Gasteiger partial charge in [0, 0.05) is 12.1 Å². The van der Waals surface area contributed by atoms with Gasteiger partial charge in [0.05, 0.1) is 0 Å². The Balaban J connectivity index is 2.33. The third kappa shape index (κ3) is 2.47. The Bertz CT molecular complexity index is 541. The first kappa shape index (κ1) is 14.7. The Labute approximate surface area is 110 Å². The van der Waals surface area contributed by atoms with Gasteiger partial charge in [-0.25, -0.2) is 0 Å². The molecule has 0 fully saturated rings. The van der Waals surface area contributed by atoms with Crippen molar-refractivity contribution in [3.8, 4) is 0 Å². The van der Waals surface area contributed by atoms with Crippen LogP contribution in [0, 0.1) is 0 Å². The first-order valence-corrected chi connectivity index (χ1v) is 5.68. The third-order valence-corrected chi connectivity index (χ3v) is 3.06. The van der Waals surface area contributed by atoms with Gasteiger partial charge >= 0.3 is 12.1 Å². The van der Waals surface area contributed by atoms with Crippen molar-refractivity contribution in [2.24, 2.45) is 0 Å². The van der Waals surface area contributed by atoms with Gasteiger partial charge in [-0.3, -0.25) is 4.79 Å². The monoisotopic (exact) mass is 295 g/mol. The summed E-state index contributed by atoms with van der Waals surface area (Å²) in [5.74, 6) is -5.49. The predicted molar refractivity (Wildman–Crippen MR) is 59.4 cm³/mol. The van der Waals surface area contributed by atoms with Gasteiger partial charge in [0.25, 0.3) is 0 Å². The fourth-order valence-electron chi connectivity index (χ4n) is 1.94. The molecular formula is C12H10F5NO2. The van der Waals surface area contributed by atoms with E-state index in [2.05, 4.69) is 5.32 Å². The molecule has 1 aromatic rings. The molecule has 2 rings (SSSR count). The van der Waals surface area contributed by atoms with Gasteiger partial charge in [-0.1, -0.05) is 12.1 Å². The maximum Gasteiger partial charge on any atom is 0.456 e. The van der Waals surface area contributed by atoms with E-state index in [1.807, 2.05) is 0 Å². The number of halogens is 5. The second kappa shape index (κ2) is 4.69. The fourth-order valence-corrected chi connectivity index (χ4v) is 1.94. The molecule has 8 heteroatoms. The summed E-state index contributed by atoms with van der Waals surface area (Å²) in [6.07, 6.45) is -8.48. The van der Waals surface area contributed by atoms with Crippen LogP contribution in [0.25, 0.3) is 0 Å². The Kier molecular flexibility index (Phi) is 3.45. The molecule has 110 valence electrons. The summed E-state index contributed by atoms with van der Waals surface area (Å²) in [6.45, 7) is 0. The number of nitrogens with one attached hydrogen (secondary N) is 1. The van der Waals surface area contributed by atoms with E-state index >= 15 is 0 Å². The highest BCUT2D eigenvalue weighted by atomic mass is 19.4. The molecule has 1 heterocycles. The molecule has 1 amide bonds. The molecule has 1 atom stereocenters. The van der Waals surface area contributed by atoms with Gasteiger partial charge in [0.15, 0.2) is 6.10 Å². The smallest absolute Gasteiger partial charge is 0.382 e. The Morgan fingerprint density at radius 1 is 1.15 bits per heavy atom. The zero-order valence-electron chi connectivity index (χ0n) is 9.97. The number of fused-ring (bicyclic) bond motifs is 1. The number of anilines is 1. The van der Waals surface area contributed by atoms with Gasteiger partial charge in [0.1, 0.15) is 0 Å². The summed E-state index contributed by atoms with van der Waals surface area (Å²) in [7, 11) is 0. The van der Waals surface area contributed by atoms with Crippen LogP contribution in [0.1, 0.15) is 23.7 Å². The maximum absolute atomic E-state index is 13.1. The van der Waals surface area contributed by atoms with E-state index in [-0.39, 0.29) is 18.7 Å². The van der Waals surface area contributed by atoms with E-state index in [4.69, 9.17) is 0 Å². The SMILES string of the molecule is O=C1CCc2cc(C(O)C(F)(F)C(F)(F)F)ccc2N1. The number of aliphatic hydroxyl groups is 1. The molecule has 0 bridgehead atoms. The third-order valence-electron chi connectivity index (χ3n) is 3.06. The number of benzene rings is 1. The zero-order chi connectivity index (χ0) is 15.1. The molecule has 1 aliphatic heterocycles. The van der Waals surface area contributed by atoms with Crippen LogP contribution in [0.15, 0.2) is 18.2 Å². The summed E-state index contributed by atoms with van der Waals surface area (Å²) in [5.41, 5.74) is 0.230. The predicted octanol–water partition coefficient (Wildman–Crippen LogP) is 2.80. The molecule has 0 saturated heterocycles. The van der Waals surface area contributed by atoms with Gasteiger partial charge in [-0.2, -0.15) is 22.0 Å². The van der Waals surface area contributed by atoms with E-state index in [1.165, 1.54) is 6.07 Å². The molecule has 0 aromatic heterocycles. The lowest BCUT2D eigenvalue weighted by molar-refractivity contribution is -0.315. The molecule has 0 spiro atoms. The molecule has 3 nitrogen and oxygen atoms in total. The molecule has 20 heavy (non-hydrogen) atoms. The topological polar surface area (TPSA) is 49.3 Å². The summed E-state index contributed by atoms with van der Waals surface area (Å²) in [4.78, 5) is 11.1. The van der Waals surface area contributed by atoms with Crippen LogP contribution < -0.4 is 5.32 Å². The van der Waals surface area contributed by atoms with E-state index in [0.717, 1.165) is 12.1 Å². The fraction of sp³-hybridized carbons (Fsp3) is 0.417. The quantitative estimate of drug-likeness (QED) is 0.824. The van der Waals surface area contributed by atoms with Crippen LogP contribution >= 0.6 is 0 Å². The summed E-state index contributed by atoms with van der Waals surface area (Å²) >= 11 is 0. The molecule has 0 saturated carbocycles. The molecule has 0 radical (unpaired) electrons. The van der Waals surface area contributed by atoms with Crippen molar-refractivity contribution in [3.05, 3.63) is 29.3 Å². The van der Waals surface area contributed by atoms with Gasteiger partial charge in [-0.05, 0) is 23.6 Å². The van der Waals surface area contributed by atoms with Crippen LogP contribution in [-0.2, 0) is 11.2 Å². The average molecular weight is 295 g/mol. The van der Waals surface area contributed by atoms with E-state index in [9.17, 15) is 31.9 Å². The zero-order valence-corrected chi connectivity index (χ0v) is 9.97. The van der Waals surface area contributed by atoms with Crippen molar-refractivity contribution in [1.82, 2.24) is 0 Å². The molecule has 2 N–H and O–H groups in total. The minimum absolute atomic E-state index is 0.113. The van der Waals surface area contributed by atoms with Crippen LogP contribution in [0.3, 0.4) is 0 Å². The van der Waals surface area contributed by atoms with Crippen LogP contribution in [0.5, 0.6) is 0 Å². The second-order valence-corrected chi connectivity index (χ2v) is 4.49. The Morgan fingerprint density at radius 3 is 2.40 bits per heavy atom. The largest absolute Gasteiger partial charge is 0.456 e. The van der Waals surface area contributed by atoms with Crippen molar-refractivity contribution in [2.45, 2.75) is 31.0 Å². The highest BCUT2D eigenvalue weighted by Crippen LogP contribution is 2.45. The molecule has 1 unspecified atom stereocenters. The van der Waals surface area contributed by atoms with Crippen LogP contribution in [-0.4, -0.2) is 23.1 Å². The molecule has 1 aliphatic rings. The van der Waals surface area contributed by atoms with Crippen molar-refractivity contribution >= 4 is 11.6 Å². The van der Waals surface area contributed by atoms with E-state index in [0.29, 0.717) is 11.3 Å². The minimum Gasteiger partial charge on any atom is -0.382 e. The second-order valence-electron chi connectivity index (χ2n) is 4.49. The Morgan fingerprint density at radius 2 is 1.80 bits per heavy atom. The molecule has 1 aromatic carbocycles. The maximum atomic E-state index is 13.1. The first-order chi connectivity index (χ1) is 9.13. The van der Waals surface area contributed by atoms with Crippen molar-refractivity contribution in [3.63, 3.8) is 0 Å². The summed E-state index contributed by atoms with van der Waals surface area (Å²) in [6, 6.07) is 3.20. The minimum atomic E-state index is -5.84. The first-order valence-electron chi connectivity index (χ1n) is 5.68. The number of carbonyl (C=O) groups is 1. The average Bonchev–Trinajstić information content (AvgIpc) is 2.35. The van der Waals surface area contributed by atoms with Gasteiger partial charge < -0.3 is 10.4 Å². The lowest BCUT2D eigenvalue weighted by atomic mass is 9.96. The Hall–Kier alpha value is -1.70. The molecular weight excluding hydrogens is 285 g/mol. The number of amides is 1.